The minimum Gasteiger partial charge on any atom is -0.314 e. The second-order valence-corrected chi connectivity index (χ2v) is 6.01. The lowest BCUT2D eigenvalue weighted by Crippen LogP contribution is -2.33. The second-order valence-electron chi connectivity index (χ2n) is 4.78. The van der Waals surface area contributed by atoms with Gasteiger partial charge in [0.15, 0.2) is 0 Å². The van der Waals surface area contributed by atoms with E-state index < -0.39 is 0 Å². The summed E-state index contributed by atoms with van der Waals surface area (Å²) >= 11 is 2.10. The van der Waals surface area contributed by atoms with Gasteiger partial charge in [-0.1, -0.05) is 30.3 Å². The maximum Gasteiger partial charge on any atom is 0.00827 e. The molecule has 0 spiro atoms. The predicted octanol–water partition coefficient (Wildman–Crippen LogP) is 3.49. The van der Waals surface area contributed by atoms with E-state index in [1.165, 1.54) is 55.7 Å². The van der Waals surface area contributed by atoms with E-state index in [2.05, 4.69) is 47.4 Å². The molecule has 0 amide bonds. The number of thioether (sulfide) groups is 1. The molecule has 0 saturated carbocycles. The van der Waals surface area contributed by atoms with E-state index in [0.717, 1.165) is 6.04 Å². The molecule has 1 aliphatic heterocycles. The van der Waals surface area contributed by atoms with Gasteiger partial charge >= 0.3 is 0 Å². The third kappa shape index (κ3) is 5.13. The number of unbranched alkanes of at least 4 members (excludes halogenated alkanes) is 1. The molecule has 2 rings (SSSR count). The van der Waals surface area contributed by atoms with E-state index in [0.29, 0.717) is 0 Å². The predicted molar refractivity (Wildman–Crippen MR) is 77.7 cm³/mol. The molecule has 1 saturated heterocycles. The van der Waals surface area contributed by atoms with E-state index in [1.54, 1.807) is 0 Å². The molecule has 1 N–H and O–H groups in total. The second kappa shape index (κ2) is 7.78. The van der Waals surface area contributed by atoms with Crippen molar-refractivity contribution in [3.63, 3.8) is 0 Å². The molecule has 94 valence electrons. The lowest BCUT2D eigenvalue weighted by Gasteiger charge is -2.22. The van der Waals surface area contributed by atoms with Crippen molar-refractivity contribution < 1.29 is 0 Å². The van der Waals surface area contributed by atoms with Crippen LogP contribution in [0.4, 0.5) is 0 Å². The zero-order chi connectivity index (χ0) is 11.8. The van der Waals surface area contributed by atoms with E-state index >= 15 is 0 Å². The molecule has 0 bridgehead atoms. The molecule has 1 heterocycles. The van der Waals surface area contributed by atoms with E-state index in [9.17, 15) is 0 Å². The Balaban J connectivity index is 1.51. The Morgan fingerprint density at radius 2 is 1.82 bits per heavy atom. The van der Waals surface area contributed by atoms with Gasteiger partial charge in [-0.15, -0.1) is 0 Å². The summed E-state index contributed by atoms with van der Waals surface area (Å²) in [6.45, 7) is 1.20. The van der Waals surface area contributed by atoms with Crippen molar-refractivity contribution in [1.29, 1.82) is 0 Å². The smallest absolute Gasteiger partial charge is 0.00827 e. The zero-order valence-corrected chi connectivity index (χ0v) is 11.3. The summed E-state index contributed by atoms with van der Waals surface area (Å²) in [5, 5.41) is 3.69. The van der Waals surface area contributed by atoms with Crippen molar-refractivity contribution >= 4 is 11.8 Å². The SMILES string of the molecule is c1ccc(CCCCNC2CCSCC2)cc1. The van der Waals surface area contributed by atoms with Gasteiger partial charge in [0.1, 0.15) is 0 Å². The molecule has 0 unspecified atom stereocenters. The largest absolute Gasteiger partial charge is 0.314 e. The third-order valence-electron chi connectivity index (χ3n) is 3.39. The van der Waals surface area contributed by atoms with Crippen LogP contribution in [0.25, 0.3) is 0 Å². The number of rotatable bonds is 6. The molecule has 0 aliphatic carbocycles. The van der Waals surface area contributed by atoms with E-state index in [-0.39, 0.29) is 0 Å². The van der Waals surface area contributed by atoms with Crippen molar-refractivity contribution in [2.24, 2.45) is 0 Å². The van der Waals surface area contributed by atoms with Gasteiger partial charge in [0.05, 0.1) is 0 Å². The maximum atomic E-state index is 3.69. The molecule has 17 heavy (non-hydrogen) atoms. The van der Waals surface area contributed by atoms with Crippen LogP contribution in [0.2, 0.25) is 0 Å². The number of hydrogen-bond acceptors (Lipinski definition) is 2. The van der Waals surface area contributed by atoms with Crippen molar-refractivity contribution in [3.8, 4) is 0 Å². The van der Waals surface area contributed by atoms with Crippen LogP contribution in [0.5, 0.6) is 0 Å². The Labute approximate surface area is 109 Å². The van der Waals surface area contributed by atoms with E-state index in [1.807, 2.05) is 0 Å². The number of nitrogens with one attached hydrogen (secondary N) is 1. The molecule has 1 nitrogen and oxygen atoms in total. The molecule has 0 aromatic heterocycles. The van der Waals surface area contributed by atoms with Crippen molar-refractivity contribution in [1.82, 2.24) is 5.32 Å². The van der Waals surface area contributed by atoms with E-state index in [4.69, 9.17) is 0 Å². The quantitative estimate of drug-likeness (QED) is 0.775. The van der Waals surface area contributed by atoms with Gasteiger partial charge in [0.2, 0.25) is 0 Å². The average Bonchev–Trinajstić information content (AvgIpc) is 2.41. The van der Waals surface area contributed by atoms with Gasteiger partial charge in [0, 0.05) is 6.04 Å². The molecule has 2 heteroatoms. The topological polar surface area (TPSA) is 12.0 Å². The number of aryl methyl sites for hydroxylation is 1. The molecule has 1 aliphatic rings. The summed E-state index contributed by atoms with van der Waals surface area (Å²) in [6.07, 6.45) is 6.56. The molecule has 0 atom stereocenters. The van der Waals surface area contributed by atoms with Crippen molar-refractivity contribution in [2.45, 2.75) is 38.1 Å². The van der Waals surface area contributed by atoms with Gasteiger partial charge in [0.25, 0.3) is 0 Å². The fourth-order valence-electron chi connectivity index (χ4n) is 2.31. The zero-order valence-electron chi connectivity index (χ0n) is 10.5. The van der Waals surface area contributed by atoms with Gasteiger partial charge in [-0.25, -0.2) is 0 Å². The van der Waals surface area contributed by atoms with Crippen LogP contribution in [0.15, 0.2) is 30.3 Å². The monoisotopic (exact) mass is 249 g/mol. The summed E-state index contributed by atoms with van der Waals surface area (Å²) in [6, 6.07) is 11.6. The standard InChI is InChI=1S/C15H23NS/c1-2-6-14(7-3-1)8-4-5-11-16-15-9-12-17-13-10-15/h1-3,6-7,15-16H,4-5,8-13H2. The van der Waals surface area contributed by atoms with Crippen LogP contribution >= 0.6 is 11.8 Å². The Bertz CT molecular complexity index is 293. The first-order valence-electron chi connectivity index (χ1n) is 6.80. The van der Waals surface area contributed by atoms with Crippen molar-refractivity contribution in [2.75, 3.05) is 18.1 Å². The molecule has 1 aromatic carbocycles. The highest BCUT2D eigenvalue weighted by Gasteiger charge is 2.11. The lowest BCUT2D eigenvalue weighted by atomic mass is 10.1. The van der Waals surface area contributed by atoms with Gasteiger partial charge < -0.3 is 5.32 Å². The molecular weight excluding hydrogens is 226 g/mol. The fraction of sp³-hybridized carbons (Fsp3) is 0.600. The maximum absolute atomic E-state index is 3.69. The summed E-state index contributed by atoms with van der Waals surface area (Å²) in [5.41, 5.74) is 1.47. The minimum atomic E-state index is 0.799. The first kappa shape index (κ1) is 13.0. The molecular formula is C15H23NS. The van der Waals surface area contributed by atoms with Crippen LogP contribution in [-0.2, 0) is 6.42 Å². The first-order chi connectivity index (χ1) is 8.45. The minimum absolute atomic E-state index is 0.799. The Kier molecular flexibility index (Phi) is 5.94. The van der Waals surface area contributed by atoms with Crippen molar-refractivity contribution in [3.05, 3.63) is 35.9 Å². The van der Waals surface area contributed by atoms with Crippen LogP contribution in [0.3, 0.4) is 0 Å². The van der Waals surface area contributed by atoms with Gasteiger partial charge in [-0.3, -0.25) is 0 Å². The number of benzene rings is 1. The summed E-state index contributed by atoms with van der Waals surface area (Å²) < 4.78 is 0. The lowest BCUT2D eigenvalue weighted by molar-refractivity contribution is 0.472. The van der Waals surface area contributed by atoms with Crippen LogP contribution in [0, 0.1) is 0 Å². The fourth-order valence-corrected chi connectivity index (χ4v) is 3.41. The normalized spacial score (nSPS) is 17.2. The third-order valence-corrected chi connectivity index (χ3v) is 4.44. The highest BCUT2D eigenvalue weighted by atomic mass is 32.2. The summed E-state index contributed by atoms with van der Waals surface area (Å²) in [5.74, 6) is 2.70. The van der Waals surface area contributed by atoms with Gasteiger partial charge in [-0.05, 0) is 55.7 Å². The Morgan fingerprint density at radius 1 is 1.06 bits per heavy atom. The van der Waals surface area contributed by atoms with Crippen LogP contribution < -0.4 is 5.32 Å². The first-order valence-corrected chi connectivity index (χ1v) is 7.96. The molecule has 1 aromatic rings. The molecule has 1 fully saturated rings. The van der Waals surface area contributed by atoms with Gasteiger partial charge in [-0.2, -0.15) is 11.8 Å². The Morgan fingerprint density at radius 3 is 2.59 bits per heavy atom. The summed E-state index contributed by atoms with van der Waals surface area (Å²) in [4.78, 5) is 0. The Hall–Kier alpha value is -0.470. The highest BCUT2D eigenvalue weighted by molar-refractivity contribution is 7.99. The molecule has 0 radical (unpaired) electrons. The highest BCUT2D eigenvalue weighted by Crippen LogP contribution is 2.16. The van der Waals surface area contributed by atoms with Crippen LogP contribution in [-0.4, -0.2) is 24.1 Å². The van der Waals surface area contributed by atoms with Crippen LogP contribution in [0.1, 0.15) is 31.2 Å². The average molecular weight is 249 g/mol. The number of hydrogen-bond donors (Lipinski definition) is 1. The summed E-state index contributed by atoms with van der Waals surface area (Å²) in [7, 11) is 0.